The van der Waals surface area contributed by atoms with Crippen LogP contribution in [0.1, 0.15) is 0 Å². The van der Waals surface area contributed by atoms with Gasteiger partial charge in [0.1, 0.15) is 8.07 Å². The summed E-state index contributed by atoms with van der Waals surface area (Å²) in [7, 11) is -2.32. The van der Waals surface area contributed by atoms with Crippen molar-refractivity contribution in [3.8, 4) is 33.4 Å². The van der Waals surface area contributed by atoms with Crippen LogP contribution in [0, 0.1) is 0 Å². The zero-order chi connectivity index (χ0) is 47.9. The number of hydrogen-bond acceptors (Lipinski definition) is 3. The van der Waals surface area contributed by atoms with Gasteiger partial charge in [-0.25, -0.2) is 0 Å². The van der Waals surface area contributed by atoms with Gasteiger partial charge in [-0.1, -0.05) is 195 Å². The molecule has 0 atom stereocenters. The van der Waals surface area contributed by atoms with E-state index in [1.807, 2.05) is 11.3 Å². The van der Waals surface area contributed by atoms with Crippen molar-refractivity contribution in [2.24, 2.45) is 0 Å². The second-order valence-corrected chi connectivity index (χ2v) is 25.0. The van der Waals surface area contributed by atoms with Crippen molar-refractivity contribution >= 4 is 116 Å². The topological polar surface area (TPSA) is 6.48 Å². The zero-order valence-corrected chi connectivity index (χ0v) is 41.9. The summed E-state index contributed by atoms with van der Waals surface area (Å²) >= 11 is 1.87. The minimum atomic E-state index is -2.32. The van der Waals surface area contributed by atoms with Crippen LogP contribution < -0.4 is 20.2 Å². The van der Waals surface area contributed by atoms with Crippen molar-refractivity contribution in [3.63, 3.8) is 0 Å². The summed E-state index contributed by atoms with van der Waals surface area (Å²) in [4.78, 5) is 4.99. The van der Waals surface area contributed by atoms with Crippen LogP contribution >= 0.6 is 11.3 Å². The molecular formula is C68H48N2SSi. The Morgan fingerprint density at radius 3 is 1.56 bits per heavy atom. The second-order valence-electron chi connectivity index (χ2n) is 19.6. The van der Waals surface area contributed by atoms with E-state index >= 15 is 0 Å². The highest BCUT2D eigenvalue weighted by atomic mass is 32.1. The van der Waals surface area contributed by atoms with Crippen LogP contribution in [0.3, 0.4) is 0 Å². The molecule has 0 amide bonds. The Hall–Kier alpha value is -8.54. The smallest absolute Gasteiger partial charge is 0.113 e. The number of benzene rings is 12. The highest BCUT2D eigenvalue weighted by Crippen LogP contribution is 2.50. The number of rotatable bonds is 8. The molecule has 0 N–H and O–H groups in total. The number of para-hydroxylation sites is 3. The fourth-order valence-corrected chi connectivity index (χ4v) is 16.0. The third-order valence-electron chi connectivity index (χ3n) is 15.2. The number of hydrogen-bond donors (Lipinski definition) is 0. The van der Waals surface area contributed by atoms with Gasteiger partial charge in [-0.3, -0.25) is 0 Å². The van der Waals surface area contributed by atoms with E-state index in [-0.39, 0.29) is 0 Å². The van der Waals surface area contributed by atoms with E-state index in [2.05, 4.69) is 278 Å². The Balaban J connectivity index is 1.01. The predicted molar refractivity (Wildman–Crippen MR) is 314 cm³/mol. The molecule has 0 aliphatic carbocycles. The molecule has 0 unspecified atom stereocenters. The van der Waals surface area contributed by atoms with Gasteiger partial charge in [0, 0.05) is 53.7 Å². The number of anilines is 6. The van der Waals surface area contributed by atoms with Gasteiger partial charge < -0.3 is 9.80 Å². The van der Waals surface area contributed by atoms with E-state index in [9.17, 15) is 0 Å². The summed E-state index contributed by atoms with van der Waals surface area (Å²) in [5, 5.41) is 13.2. The fraction of sp³-hybridized carbons (Fsp3) is 0.0294. The first-order valence-corrected chi connectivity index (χ1v) is 28.7. The molecule has 0 fully saturated rings. The van der Waals surface area contributed by atoms with Gasteiger partial charge in [0.05, 0.1) is 17.1 Å². The summed E-state index contributed by atoms with van der Waals surface area (Å²) in [5.74, 6) is 0. The van der Waals surface area contributed by atoms with Crippen molar-refractivity contribution in [2.75, 3.05) is 9.80 Å². The first-order valence-electron chi connectivity index (χ1n) is 24.9. The Morgan fingerprint density at radius 2 is 0.833 bits per heavy atom. The fourth-order valence-electron chi connectivity index (χ4n) is 11.9. The van der Waals surface area contributed by atoms with Crippen molar-refractivity contribution in [3.05, 3.63) is 255 Å². The third-order valence-corrected chi connectivity index (χ3v) is 19.9. The van der Waals surface area contributed by atoms with Gasteiger partial charge in [-0.15, -0.1) is 11.3 Å². The minimum absolute atomic E-state index is 1.14. The van der Waals surface area contributed by atoms with Gasteiger partial charge in [0.15, 0.2) is 0 Å². The molecule has 4 heteroatoms. The zero-order valence-electron chi connectivity index (χ0n) is 40.1. The molecule has 2 nitrogen and oxygen atoms in total. The molecule has 2 heterocycles. The lowest BCUT2D eigenvalue weighted by Crippen LogP contribution is -2.56. The number of nitrogens with zero attached hydrogens (tertiary/aromatic N) is 2. The lowest BCUT2D eigenvalue weighted by molar-refractivity contribution is 1.29. The molecule has 0 bridgehead atoms. The second kappa shape index (κ2) is 16.8. The van der Waals surface area contributed by atoms with Crippen LogP contribution in [0.15, 0.2) is 255 Å². The first-order chi connectivity index (χ1) is 35.5. The maximum atomic E-state index is 2.56. The van der Waals surface area contributed by atoms with Crippen molar-refractivity contribution in [1.29, 1.82) is 0 Å². The summed E-state index contributed by atoms with van der Waals surface area (Å²) in [5.41, 5.74) is 14.3. The molecule has 13 aromatic rings. The highest BCUT2D eigenvalue weighted by Gasteiger charge is 2.37. The van der Waals surface area contributed by atoms with Crippen LogP contribution in [-0.2, 0) is 0 Å². The summed E-state index contributed by atoms with van der Waals surface area (Å²) < 4.78 is 2.60. The average molecular weight is 953 g/mol. The molecule has 0 spiro atoms. The Morgan fingerprint density at radius 1 is 0.292 bits per heavy atom. The van der Waals surface area contributed by atoms with E-state index in [1.165, 1.54) is 102 Å². The molecule has 340 valence electrons. The largest absolute Gasteiger partial charge is 0.310 e. The van der Waals surface area contributed by atoms with Crippen LogP contribution in [0.2, 0.25) is 13.1 Å². The van der Waals surface area contributed by atoms with E-state index in [4.69, 9.17) is 0 Å². The molecule has 0 saturated carbocycles. The molecule has 12 aromatic carbocycles. The van der Waals surface area contributed by atoms with E-state index < -0.39 is 8.07 Å². The highest BCUT2D eigenvalue weighted by molar-refractivity contribution is 7.25. The predicted octanol–water partition coefficient (Wildman–Crippen LogP) is 18.6. The van der Waals surface area contributed by atoms with Crippen LogP contribution in [-0.4, -0.2) is 8.07 Å². The SMILES string of the molecule is C[Si]1(C)c2cc(N(c3ccccc3)c3ccccc3-c3ccccc3)ccc2-c2cc3c4ccccc4c(N(c4ccc5sc6ccccc6c5c4)c4ccccc4-c4ccccc4)cc3c3cccc1c23. The van der Waals surface area contributed by atoms with Gasteiger partial charge >= 0.3 is 0 Å². The van der Waals surface area contributed by atoms with Crippen LogP contribution in [0.5, 0.6) is 0 Å². The lowest BCUT2D eigenvalue weighted by atomic mass is 9.89. The summed E-state index contributed by atoms with van der Waals surface area (Å²) in [6.45, 7) is 5.11. The lowest BCUT2D eigenvalue weighted by Gasteiger charge is -2.36. The Kier molecular flexibility index (Phi) is 9.89. The van der Waals surface area contributed by atoms with Crippen molar-refractivity contribution in [1.82, 2.24) is 0 Å². The van der Waals surface area contributed by atoms with Gasteiger partial charge in [0.2, 0.25) is 0 Å². The molecule has 0 saturated heterocycles. The molecule has 1 aliphatic heterocycles. The third kappa shape index (κ3) is 6.67. The summed E-state index contributed by atoms with van der Waals surface area (Å²) in [6.07, 6.45) is 0. The molecule has 1 aromatic heterocycles. The van der Waals surface area contributed by atoms with Crippen LogP contribution in [0.4, 0.5) is 34.1 Å². The molecule has 72 heavy (non-hydrogen) atoms. The molecular weight excluding hydrogens is 905 g/mol. The van der Waals surface area contributed by atoms with Gasteiger partial charge in [0.25, 0.3) is 0 Å². The van der Waals surface area contributed by atoms with E-state index in [1.54, 1.807) is 0 Å². The first kappa shape index (κ1) is 42.3. The molecule has 14 rings (SSSR count). The molecule has 1 aliphatic rings. The maximum absolute atomic E-state index is 2.56. The number of fused-ring (bicyclic) bond motifs is 9. The van der Waals surface area contributed by atoms with Crippen molar-refractivity contribution < 1.29 is 0 Å². The Bertz CT molecular complexity index is 4260. The van der Waals surface area contributed by atoms with E-state index in [0.29, 0.717) is 0 Å². The monoisotopic (exact) mass is 952 g/mol. The maximum Gasteiger partial charge on any atom is 0.113 e. The van der Waals surface area contributed by atoms with Gasteiger partial charge in [-0.2, -0.15) is 0 Å². The van der Waals surface area contributed by atoms with Crippen LogP contribution in [0.25, 0.3) is 85.9 Å². The number of thiophene rings is 1. The molecule has 0 radical (unpaired) electrons. The standard InChI is InChI=1S/C68H48N2SSi/c1-72(2)66-36-20-32-56-58-44-63(70(62-34-18-15-28-51(62)46-23-8-4-9-24-46)48-38-40-65-59(41-48)54-31-16-19-35-64(54)71-65)53-30-13-12-29-52(53)57(58)43-60(68(56)66)55-39-37-49(42-67(55)72)69(47-25-10-5-11-26-47)61-33-17-14-27-50(61)45-21-6-3-7-22-45/h3-44H,1-2H3. The average Bonchev–Trinajstić information content (AvgIpc) is 3.82. The van der Waals surface area contributed by atoms with E-state index in [0.717, 1.165) is 28.4 Å². The summed E-state index contributed by atoms with van der Waals surface area (Å²) in [6, 6.07) is 94.7. The van der Waals surface area contributed by atoms with Gasteiger partial charge in [-0.05, 0) is 132 Å². The van der Waals surface area contributed by atoms with Crippen molar-refractivity contribution in [2.45, 2.75) is 13.1 Å². The Labute approximate surface area is 425 Å². The quantitative estimate of drug-likeness (QED) is 0.111. The minimum Gasteiger partial charge on any atom is -0.310 e. The normalized spacial score (nSPS) is 12.7.